The first-order valence-corrected chi connectivity index (χ1v) is 17.4. The Balaban J connectivity index is 1.55. The highest BCUT2D eigenvalue weighted by Gasteiger charge is 2.30. The molecule has 1 heterocycles. The number of ether oxygens (including phenoxy) is 3. The lowest BCUT2D eigenvalue weighted by Gasteiger charge is -2.36. The topological polar surface area (TPSA) is 113 Å². The van der Waals surface area contributed by atoms with Gasteiger partial charge in [0.15, 0.2) is 0 Å². The average molecular weight is 653 g/mol. The maximum Gasteiger partial charge on any atom is 0.319 e. The summed E-state index contributed by atoms with van der Waals surface area (Å²) in [6.07, 6.45) is 7.81. The summed E-state index contributed by atoms with van der Waals surface area (Å²) < 4.78 is 18.2. The summed E-state index contributed by atoms with van der Waals surface area (Å²) in [5.74, 6) is 1.03. The highest BCUT2D eigenvalue weighted by Crippen LogP contribution is 2.29. The molecule has 0 saturated heterocycles. The van der Waals surface area contributed by atoms with E-state index in [-0.39, 0.29) is 42.7 Å². The summed E-state index contributed by atoms with van der Waals surface area (Å²) >= 11 is 0. The van der Waals surface area contributed by atoms with Crippen molar-refractivity contribution >= 4 is 17.6 Å². The third-order valence-electron chi connectivity index (χ3n) is 9.35. The lowest BCUT2D eigenvalue weighted by molar-refractivity contribution is -0.0177. The second kappa shape index (κ2) is 18.3. The maximum absolute atomic E-state index is 14.4. The number of aliphatic hydroxyl groups is 1. The molecule has 4 atom stereocenters. The number of carbonyl (C=O) groups is 2. The molecule has 1 fully saturated rings. The fourth-order valence-corrected chi connectivity index (χ4v) is 6.48. The molecule has 2 aromatic rings. The molecular weight excluding hydrogens is 596 g/mol. The van der Waals surface area contributed by atoms with Gasteiger partial charge in [0, 0.05) is 43.9 Å². The van der Waals surface area contributed by atoms with E-state index in [2.05, 4.69) is 41.6 Å². The van der Waals surface area contributed by atoms with E-state index >= 15 is 0 Å². The second-order valence-corrected chi connectivity index (χ2v) is 13.5. The van der Waals surface area contributed by atoms with Crippen molar-refractivity contribution in [1.82, 2.24) is 15.1 Å². The number of anilines is 1. The van der Waals surface area contributed by atoms with Crippen LogP contribution in [0.25, 0.3) is 0 Å². The standard InChI is InChI=1S/C37H56N4O6/c1-26-22-41(27(2)25-42)36(43)33-21-31(39-37(44)38-30-12-7-6-8-13-30)16-19-34(33)47-28(3)11-9-10-20-46-35(26)24-40(4)23-29-14-17-32(45-5)18-15-29/h14-19,21,26-28,30,35,42H,6-13,20,22-25H2,1-5H3,(H2,38,39,44)/t26-,27-,28-,35+/m1/s1. The molecule has 260 valence electrons. The molecule has 1 aliphatic carbocycles. The molecule has 10 heteroatoms. The van der Waals surface area contributed by atoms with Gasteiger partial charge >= 0.3 is 6.03 Å². The lowest BCUT2D eigenvalue weighted by Crippen LogP contribution is -2.47. The summed E-state index contributed by atoms with van der Waals surface area (Å²) in [5, 5.41) is 16.3. The fourth-order valence-electron chi connectivity index (χ4n) is 6.48. The maximum atomic E-state index is 14.4. The van der Waals surface area contributed by atoms with Gasteiger partial charge < -0.3 is 34.9 Å². The van der Waals surface area contributed by atoms with Gasteiger partial charge in [-0.1, -0.05) is 38.3 Å². The van der Waals surface area contributed by atoms with Gasteiger partial charge in [0.25, 0.3) is 5.91 Å². The highest BCUT2D eigenvalue weighted by atomic mass is 16.5. The highest BCUT2D eigenvalue weighted by molar-refractivity contribution is 5.99. The molecule has 3 N–H and O–H groups in total. The number of nitrogens with zero attached hydrogens (tertiary/aromatic N) is 2. The van der Waals surface area contributed by atoms with Crippen LogP contribution in [0, 0.1) is 5.92 Å². The van der Waals surface area contributed by atoms with E-state index in [1.54, 1.807) is 30.2 Å². The van der Waals surface area contributed by atoms with Crippen LogP contribution in [0.5, 0.6) is 11.5 Å². The third kappa shape index (κ3) is 11.1. The van der Waals surface area contributed by atoms with Gasteiger partial charge in [-0.05, 0) is 88.9 Å². The Hall–Kier alpha value is -3.34. The second-order valence-electron chi connectivity index (χ2n) is 13.5. The molecule has 0 aromatic heterocycles. The van der Waals surface area contributed by atoms with Crippen molar-refractivity contribution in [2.45, 2.75) is 103 Å². The number of aliphatic hydroxyl groups excluding tert-OH is 1. The Morgan fingerprint density at radius 2 is 1.79 bits per heavy atom. The van der Waals surface area contributed by atoms with Crippen LogP contribution in [0.2, 0.25) is 0 Å². The number of nitrogens with one attached hydrogen (secondary N) is 2. The van der Waals surface area contributed by atoms with Crippen LogP contribution in [-0.2, 0) is 11.3 Å². The first kappa shape index (κ1) is 36.5. The number of fused-ring (bicyclic) bond motifs is 1. The van der Waals surface area contributed by atoms with E-state index in [9.17, 15) is 14.7 Å². The molecular formula is C37H56N4O6. The van der Waals surface area contributed by atoms with Gasteiger partial charge in [-0.15, -0.1) is 0 Å². The quantitative estimate of drug-likeness (QED) is 0.301. The van der Waals surface area contributed by atoms with Crippen LogP contribution in [-0.4, -0.2) is 91.6 Å². The molecule has 0 radical (unpaired) electrons. The molecule has 0 unspecified atom stereocenters. The fraction of sp³-hybridized carbons (Fsp3) is 0.622. The Morgan fingerprint density at radius 1 is 1.06 bits per heavy atom. The van der Waals surface area contributed by atoms with Gasteiger partial charge in [0.1, 0.15) is 11.5 Å². The summed E-state index contributed by atoms with van der Waals surface area (Å²) in [5.41, 5.74) is 2.06. The van der Waals surface area contributed by atoms with Crippen LogP contribution < -0.4 is 20.1 Å². The minimum Gasteiger partial charge on any atom is -0.497 e. The van der Waals surface area contributed by atoms with Gasteiger partial charge in [-0.2, -0.15) is 0 Å². The van der Waals surface area contributed by atoms with Gasteiger partial charge in [-0.25, -0.2) is 4.79 Å². The number of methoxy groups -OCH3 is 1. The van der Waals surface area contributed by atoms with Crippen molar-refractivity contribution in [1.29, 1.82) is 0 Å². The number of likely N-dealkylation sites (N-methyl/N-ethyl adjacent to an activating group) is 1. The van der Waals surface area contributed by atoms with Crippen molar-refractivity contribution in [3.8, 4) is 11.5 Å². The normalized spacial score (nSPS) is 22.5. The number of urea groups is 1. The first-order valence-electron chi connectivity index (χ1n) is 17.4. The number of hydrogen-bond donors (Lipinski definition) is 3. The first-order chi connectivity index (χ1) is 22.7. The largest absolute Gasteiger partial charge is 0.497 e. The van der Waals surface area contributed by atoms with Crippen LogP contribution in [0.3, 0.4) is 0 Å². The number of hydrogen-bond acceptors (Lipinski definition) is 7. The van der Waals surface area contributed by atoms with Crippen molar-refractivity contribution in [3.05, 3.63) is 53.6 Å². The number of carbonyl (C=O) groups excluding carboxylic acids is 2. The monoisotopic (exact) mass is 652 g/mol. The minimum absolute atomic E-state index is 0.0277. The predicted molar refractivity (Wildman–Crippen MR) is 185 cm³/mol. The molecule has 47 heavy (non-hydrogen) atoms. The molecule has 1 aliphatic heterocycles. The molecule has 10 nitrogen and oxygen atoms in total. The molecule has 3 amide bonds. The Kier molecular flexibility index (Phi) is 14.2. The van der Waals surface area contributed by atoms with E-state index in [1.807, 2.05) is 26.0 Å². The van der Waals surface area contributed by atoms with E-state index < -0.39 is 6.04 Å². The van der Waals surface area contributed by atoms with E-state index in [0.717, 1.165) is 57.2 Å². The number of amides is 3. The third-order valence-corrected chi connectivity index (χ3v) is 9.35. The summed E-state index contributed by atoms with van der Waals surface area (Å²) in [4.78, 5) is 31.2. The molecule has 4 rings (SSSR count). The SMILES string of the molecule is COc1ccc(CN(C)C[C@@H]2OCCCC[C@@H](C)Oc3ccc(NC(=O)NC4CCCCC4)cc3C(=O)N([C@H](C)CO)C[C@H]2C)cc1. The van der Waals surface area contributed by atoms with Gasteiger partial charge in [0.05, 0.1) is 37.5 Å². The van der Waals surface area contributed by atoms with Crippen LogP contribution in [0.15, 0.2) is 42.5 Å². The van der Waals surface area contributed by atoms with E-state index in [0.29, 0.717) is 36.7 Å². The summed E-state index contributed by atoms with van der Waals surface area (Å²) in [6.45, 7) is 8.22. The zero-order valence-electron chi connectivity index (χ0n) is 29.0. The van der Waals surface area contributed by atoms with Crippen LogP contribution >= 0.6 is 0 Å². The van der Waals surface area contributed by atoms with Crippen LogP contribution in [0.1, 0.15) is 88.1 Å². The van der Waals surface area contributed by atoms with Gasteiger partial charge in [-0.3, -0.25) is 9.69 Å². The van der Waals surface area contributed by atoms with Crippen LogP contribution in [0.4, 0.5) is 10.5 Å². The summed E-state index contributed by atoms with van der Waals surface area (Å²) in [6, 6.07) is 12.8. The zero-order chi connectivity index (χ0) is 33.8. The molecule has 2 aliphatic rings. The molecule has 1 saturated carbocycles. The van der Waals surface area contributed by atoms with E-state index in [1.165, 1.54) is 12.0 Å². The Morgan fingerprint density at radius 3 is 2.49 bits per heavy atom. The predicted octanol–water partition coefficient (Wildman–Crippen LogP) is 6.08. The Labute approximate surface area is 281 Å². The number of benzene rings is 2. The summed E-state index contributed by atoms with van der Waals surface area (Å²) in [7, 11) is 3.75. The molecule has 2 aromatic carbocycles. The average Bonchev–Trinajstić information content (AvgIpc) is 3.06. The van der Waals surface area contributed by atoms with Gasteiger partial charge in [0.2, 0.25) is 0 Å². The van der Waals surface area contributed by atoms with Crippen molar-refractivity contribution in [2.24, 2.45) is 5.92 Å². The van der Waals surface area contributed by atoms with Crippen molar-refractivity contribution in [3.63, 3.8) is 0 Å². The van der Waals surface area contributed by atoms with Crippen molar-refractivity contribution < 1.29 is 28.9 Å². The lowest BCUT2D eigenvalue weighted by atomic mass is 9.96. The molecule has 0 bridgehead atoms. The van der Waals surface area contributed by atoms with Crippen molar-refractivity contribution in [2.75, 3.05) is 45.8 Å². The smallest absolute Gasteiger partial charge is 0.319 e. The molecule has 0 spiro atoms. The minimum atomic E-state index is -0.438. The number of rotatable bonds is 9. The zero-order valence-corrected chi connectivity index (χ0v) is 29.0. The van der Waals surface area contributed by atoms with E-state index in [4.69, 9.17) is 14.2 Å². The Bertz CT molecular complexity index is 1270.